The van der Waals surface area contributed by atoms with Gasteiger partial charge in [-0.05, 0) is 30.0 Å². The van der Waals surface area contributed by atoms with Crippen LogP contribution in [0, 0.1) is 5.41 Å². The van der Waals surface area contributed by atoms with Crippen molar-refractivity contribution in [2.45, 2.75) is 25.2 Å². The van der Waals surface area contributed by atoms with Crippen molar-refractivity contribution in [2.24, 2.45) is 5.41 Å². The zero-order valence-electron chi connectivity index (χ0n) is 10.4. The normalized spacial score (nSPS) is 12.2. The molecule has 0 radical (unpaired) electrons. The monoisotopic (exact) mass is 306 g/mol. The van der Waals surface area contributed by atoms with E-state index in [0.717, 1.165) is 0 Å². The van der Waals surface area contributed by atoms with Crippen LogP contribution in [0.2, 0.25) is 0 Å². The Morgan fingerprint density at radius 3 is 2.28 bits per heavy atom. The largest absolute Gasteiger partial charge is 0.224 e. The summed E-state index contributed by atoms with van der Waals surface area (Å²) in [5.74, 6) is 0.0710. The van der Waals surface area contributed by atoms with E-state index in [1.807, 2.05) is 13.8 Å². The van der Waals surface area contributed by atoms with Gasteiger partial charge in [0, 0.05) is 0 Å². The molecule has 1 rings (SSSR count). The number of rotatable bonds is 5. The van der Waals surface area contributed by atoms with Gasteiger partial charge in [0.15, 0.2) is 9.84 Å². The Morgan fingerprint density at radius 2 is 1.78 bits per heavy atom. The van der Waals surface area contributed by atoms with Gasteiger partial charge < -0.3 is 0 Å². The van der Waals surface area contributed by atoms with E-state index in [2.05, 4.69) is 0 Å². The van der Waals surface area contributed by atoms with Gasteiger partial charge in [-0.3, -0.25) is 0 Å². The number of hydrogen-bond acceptors (Lipinski definition) is 2. The summed E-state index contributed by atoms with van der Waals surface area (Å²) in [6.45, 7) is 3.80. The average molecular weight is 307 g/mol. The number of sulfone groups is 1. The Kier molecular flexibility index (Phi) is 5.26. The van der Waals surface area contributed by atoms with Crippen LogP contribution in [0.4, 0.5) is 0 Å². The highest BCUT2D eigenvalue weighted by Gasteiger charge is 2.21. The minimum atomic E-state index is -3.24. The SMILES string of the molecule is CC(C)(C=C(Cl)Cl)CCS(=O)(=O)c1ccccc1. The van der Waals surface area contributed by atoms with Gasteiger partial charge >= 0.3 is 0 Å². The first-order chi connectivity index (χ1) is 8.23. The molecule has 0 atom stereocenters. The van der Waals surface area contributed by atoms with Gasteiger partial charge in [-0.2, -0.15) is 0 Å². The second-order valence-corrected chi connectivity index (χ2v) is 7.92. The Hall–Kier alpha value is -0.510. The quantitative estimate of drug-likeness (QED) is 0.817. The van der Waals surface area contributed by atoms with Gasteiger partial charge in [0.25, 0.3) is 0 Å². The fourth-order valence-corrected chi connectivity index (χ4v) is 3.70. The van der Waals surface area contributed by atoms with E-state index in [-0.39, 0.29) is 15.7 Å². The molecular weight excluding hydrogens is 291 g/mol. The van der Waals surface area contributed by atoms with Crippen molar-refractivity contribution in [2.75, 3.05) is 5.75 Å². The number of halogens is 2. The minimum absolute atomic E-state index is 0.0710. The van der Waals surface area contributed by atoms with Gasteiger partial charge in [-0.15, -0.1) is 0 Å². The minimum Gasteiger partial charge on any atom is -0.224 e. The van der Waals surface area contributed by atoms with E-state index >= 15 is 0 Å². The fraction of sp³-hybridized carbons (Fsp3) is 0.385. The molecule has 100 valence electrons. The molecule has 0 heterocycles. The average Bonchev–Trinajstić information content (AvgIpc) is 2.26. The van der Waals surface area contributed by atoms with Crippen LogP contribution in [0.3, 0.4) is 0 Å². The summed E-state index contributed by atoms with van der Waals surface area (Å²) in [5.41, 5.74) is -0.347. The highest BCUT2D eigenvalue weighted by Crippen LogP contribution is 2.28. The Morgan fingerprint density at radius 1 is 1.22 bits per heavy atom. The smallest absolute Gasteiger partial charge is 0.178 e. The van der Waals surface area contributed by atoms with Gasteiger partial charge in [-0.1, -0.05) is 55.2 Å². The van der Waals surface area contributed by atoms with Crippen LogP contribution in [0.5, 0.6) is 0 Å². The molecule has 0 aliphatic rings. The van der Waals surface area contributed by atoms with E-state index in [9.17, 15) is 8.42 Å². The lowest BCUT2D eigenvalue weighted by atomic mass is 9.91. The molecule has 0 aliphatic heterocycles. The van der Waals surface area contributed by atoms with Crippen molar-refractivity contribution >= 4 is 33.0 Å². The molecule has 0 aromatic heterocycles. The topological polar surface area (TPSA) is 34.1 Å². The van der Waals surface area contributed by atoms with Crippen LogP contribution < -0.4 is 0 Å². The second-order valence-electron chi connectivity index (χ2n) is 4.80. The molecule has 0 N–H and O–H groups in total. The Labute approximate surface area is 119 Å². The third-order valence-corrected chi connectivity index (χ3v) is 4.57. The molecule has 0 saturated carbocycles. The lowest BCUT2D eigenvalue weighted by Crippen LogP contribution is -2.16. The van der Waals surface area contributed by atoms with E-state index in [4.69, 9.17) is 23.2 Å². The first-order valence-electron chi connectivity index (χ1n) is 5.55. The third kappa shape index (κ3) is 5.01. The lowest BCUT2D eigenvalue weighted by Gasteiger charge is -2.19. The number of hydrogen-bond donors (Lipinski definition) is 0. The summed E-state index contributed by atoms with van der Waals surface area (Å²) in [7, 11) is -3.24. The predicted molar refractivity (Wildman–Crippen MR) is 76.7 cm³/mol. The molecule has 0 bridgehead atoms. The van der Waals surface area contributed by atoms with Crippen LogP contribution in [0.15, 0.2) is 45.8 Å². The molecule has 18 heavy (non-hydrogen) atoms. The third-order valence-electron chi connectivity index (χ3n) is 2.62. The van der Waals surface area contributed by atoms with Crippen molar-refractivity contribution in [1.29, 1.82) is 0 Å². The molecule has 0 spiro atoms. The second kappa shape index (κ2) is 6.09. The molecule has 0 amide bonds. The van der Waals surface area contributed by atoms with Gasteiger partial charge in [-0.25, -0.2) is 8.42 Å². The fourth-order valence-electron chi connectivity index (χ4n) is 1.51. The summed E-state index contributed by atoms with van der Waals surface area (Å²) in [6, 6.07) is 8.43. The predicted octanol–water partition coefficient (Wildman–Crippen LogP) is 4.20. The van der Waals surface area contributed by atoms with Crippen LogP contribution in [0.25, 0.3) is 0 Å². The maximum atomic E-state index is 12.1. The number of allylic oxidation sites excluding steroid dienone is 1. The highest BCUT2D eigenvalue weighted by atomic mass is 35.5. The highest BCUT2D eigenvalue weighted by molar-refractivity contribution is 7.91. The van der Waals surface area contributed by atoms with Crippen molar-refractivity contribution in [1.82, 2.24) is 0 Å². The molecule has 1 aromatic rings. The van der Waals surface area contributed by atoms with Crippen molar-refractivity contribution in [3.8, 4) is 0 Å². The number of benzene rings is 1. The summed E-state index contributed by atoms with van der Waals surface area (Å²) in [5, 5.41) is 0. The first kappa shape index (κ1) is 15.5. The van der Waals surface area contributed by atoms with Crippen molar-refractivity contribution in [3.63, 3.8) is 0 Å². The van der Waals surface area contributed by atoms with E-state index in [1.165, 1.54) is 0 Å². The molecule has 2 nitrogen and oxygen atoms in total. The molecule has 5 heteroatoms. The summed E-state index contributed by atoms with van der Waals surface area (Å²) < 4.78 is 24.3. The first-order valence-corrected chi connectivity index (χ1v) is 7.95. The molecule has 1 aromatic carbocycles. The summed E-state index contributed by atoms with van der Waals surface area (Å²) >= 11 is 11.2. The zero-order chi connectivity index (χ0) is 13.8. The molecule has 0 aliphatic carbocycles. The molecular formula is C13H16Cl2O2S. The van der Waals surface area contributed by atoms with Crippen molar-refractivity contribution < 1.29 is 8.42 Å². The maximum absolute atomic E-state index is 12.1. The van der Waals surface area contributed by atoms with E-state index in [1.54, 1.807) is 36.4 Å². The van der Waals surface area contributed by atoms with E-state index in [0.29, 0.717) is 11.3 Å². The summed E-state index contributed by atoms with van der Waals surface area (Å²) in [6.07, 6.45) is 2.13. The molecule has 0 fully saturated rings. The van der Waals surface area contributed by atoms with Crippen molar-refractivity contribution in [3.05, 3.63) is 40.9 Å². The van der Waals surface area contributed by atoms with Gasteiger partial charge in [0.2, 0.25) is 0 Å². The lowest BCUT2D eigenvalue weighted by molar-refractivity contribution is 0.459. The van der Waals surface area contributed by atoms with Crippen LogP contribution in [-0.2, 0) is 9.84 Å². The standard InChI is InChI=1S/C13H16Cl2O2S/c1-13(2,10-12(14)15)8-9-18(16,17)11-6-4-3-5-7-11/h3-7,10H,8-9H2,1-2H3. The van der Waals surface area contributed by atoms with Gasteiger partial charge in [0.1, 0.15) is 4.49 Å². The van der Waals surface area contributed by atoms with Crippen LogP contribution >= 0.6 is 23.2 Å². The Balaban J connectivity index is 2.78. The molecule has 0 saturated heterocycles. The van der Waals surface area contributed by atoms with Gasteiger partial charge in [0.05, 0.1) is 10.6 Å². The van der Waals surface area contributed by atoms with E-state index < -0.39 is 9.84 Å². The summed E-state index contributed by atoms with van der Waals surface area (Å²) in [4.78, 5) is 0.349. The zero-order valence-corrected chi connectivity index (χ0v) is 12.7. The van der Waals surface area contributed by atoms with Crippen LogP contribution in [0.1, 0.15) is 20.3 Å². The van der Waals surface area contributed by atoms with Crippen LogP contribution in [-0.4, -0.2) is 14.2 Å². The Bertz CT molecular complexity index is 515. The maximum Gasteiger partial charge on any atom is 0.178 e. The molecule has 0 unspecified atom stereocenters.